The molecule has 1 heterocycles. The molecule has 1 unspecified atom stereocenters. The summed E-state index contributed by atoms with van der Waals surface area (Å²) in [4.78, 5) is 6.87. The van der Waals surface area contributed by atoms with Gasteiger partial charge in [0.15, 0.2) is 5.82 Å². The third-order valence-electron chi connectivity index (χ3n) is 6.33. The van der Waals surface area contributed by atoms with E-state index in [0.29, 0.717) is 30.1 Å². The average molecular weight is 442 g/mol. The fraction of sp³-hybridized carbons (Fsp3) is 0.440. The maximum Gasteiger partial charge on any atom is 0.226 e. The summed E-state index contributed by atoms with van der Waals surface area (Å²) in [7, 11) is 4.22. The highest BCUT2D eigenvalue weighted by atomic mass is 35.5. The van der Waals surface area contributed by atoms with Crippen LogP contribution in [0.4, 0.5) is 4.39 Å². The Bertz CT molecular complexity index is 980. The van der Waals surface area contributed by atoms with Gasteiger partial charge in [-0.1, -0.05) is 41.0 Å². The van der Waals surface area contributed by atoms with E-state index in [1.165, 1.54) is 5.56 Å². The summed E-state index contributed by atoms with van der Waals surface area (Å²) in [5.74, 6) is 2.38. The maximum absolute atomic E-state index is 13.4. The fourth-order valence-electron chi connectivity index (χ4n) is 4.88. The van der Waals surface area contributed by atoms with Crippen molar-refractivity contribution in [2.45, 2.75) is 44.6 Å². The van der Waals surface area contributed by atoms with Crippen molar-refractivity contribution in [3.63, 3.8) is 0 Å². The first-order valence-electron chi connectivity index (χ1n) is 11.0. The van der Waals surface area contributed by atoms with E-state index in [-0.39, 0.29) is 5.82 Å². The van der Waals surface area contributed by atoms with Crippen molar-refractivity contribution in [3.05, 3.63) is 82.2 Å². The fourth-order valence-corrected chi connectivity index (χ4v) is 5.09. The normalized spacial score (nSPS) is 20.2. The lowest BCUT2D eigenvalue weighted by molar-refractivity contribution is 0.146. The van der Waals surface area contributed by atoms with E-state index in [4.69, 9.17) is 16.1 Å². The first-order chi connectivity index (χ1) is 15.0. The first-order valence-corrected chi connectivity index (χ1v) is 11.3. The minimum absolute atomic E-state index is 0.181. The van der Waals surface area contributed by atoms with Gasteiger partial charge in [-0.15, -0.1) is 0 Å². The van der Waals surface area contributed by atoms with Crippen molar-refractivity contribution in [2.24, 2.45) is 11.8 Å². The SMILES string of the molecule is CN(C)C(c1ccc(F)cc1)C1CCC(Cc2nc(Cc3cccc(Cl)c3)no2)CC1. The standard InChI is InChI=1S/C25H29ClFN3O/c1-30(2)25(20-10-12-22(27)13-11-20)19-8-6-17(7-9-19)16-24-28-23(29-31-24)15-18-4-3-5-21(26)14-18/h3-5,10-14,17,19,25H,6-9,15-16H2,1-2H3. The second-order valence-electron chi connectivity index (χ2n) is 8.86. The Morgan fingerprint density at radius 2 is 1.84 bits per heavy atom. The number of benzene rings is 2. The average Bonchev–Trinajstić information content (AvgIpc) is 3.17. The molecule has 4 rings (SSSR count). The van der Waals surface area contributed by atoms with Gasteiger partial charge in [0.25, 0.3) is 0 Å². The van der Waals surface area contributed by atoms with Crippen molar-refractivity contribution in [3.8, 4) is 0 Å². The summed E-state index contributed by atoms with van der Waals surface area (Å²) in [6.45, 7) is 0. The molecule has 0 amide bonds. The van der Waals surface area contributed by atoms with Crippen molar-refractivity contribution < 1.29 is 8.91 Å². The van der Waals surface area contributed by atoms with Crippen LogP contribution in [0.15, 0.2) is 53.1 Å². The molecule has 3 aromatic rings. The molecule has 1 atom stereocenters. The molecule has 0 saturated heterocycles. The van der Waals surface area contributed by atoms with Crippen LogP contribution in [0.3, 0.4) is 0 Å². The number of rotatable bonds is 7. The van der Waals surface area contributed by atoms with Crippen molar-refractivity contribution in [2.75, 3.05) is 14.1 Å². The Balaban J connectivity index is 1.33. The molecular weight excluding hydrogens is 413 g/mol. The lowest BCUT2D eigenvalue weighted by Crippen LogP contribution is -2.30. The van der Waals surface area contributed by atoms with Gasteiger partial charge >= 0.3 is 0 Å². The van der Waals surface area contributed by atoms with E-state index in [0.717, 1.165) is 48.6 Å². The molecule has 0 bridgehead atoms. The second-order valence-corrected chi connectivity index (χ2v) is 9.29. The highest BCUT2D eigenvalue weighted by Gasteiger charge is 2.30. The van der Waals surface area contributed by atoms with Crippen LogP contribution in [0.5, 0.6) is 0 Å². The largest absolute Gasteiger partial charge is 0.339 e. The van der Waals surface area contributed by atoms with Gasteiger partial charge in [-0.3, -0.25) is 0 Å². The zero-order valence-corrected chi connectivity index (χ0v) is 18.9. The molecule has 4 nitrogen and oxygen atoms in total. The van der Waals surface area contributed by atoms with Crippen molar-refractivity contribution in [1.29, 1.82) is 0 Å². The van der Waals surface area contributed by atoms with Crippen LogP contribution in [0.1, 0.15) is 54.6 Å². The molecule has 1 saturated carbocycles. The number of halogens is 2. The molecule has 0 radical (unpaired) electrons. The Labute approximate surface area is 188 Å². The Hall–Kier alpha value is -2.24. The van der Waals surface area contributed by atoms with Crippen LogP contribution in [-0.2, 0) is 12.8 Å². The molecule has 0 spiro atoms. The summed E-state index contributed by atoms with van der Waals surface area (Å²) in [6, 6.07) is 15.0. The lowest BCUT2D eigenvalue weighted by Gasteiger charge is -2.37. The highest BCUT2D eigenvalue weighted by molar-refractivity contribution is 6.30. The van der Waals surface area contributed by atoms with E-state index in [2.05, 4.69) is 29.1 Å². The van der Waals surface area contributed by atoms with E-state index >= 15 is 0 Å². The van der Waals surface area contributed by atoms with E-state index in [1.807, 2.05) is 36.4 Å². The topological polar surface area (TPSA) is 42.2 Å². The predicted molar refractivity (Wildman–Crippen MR) is 121 cm³/mol. The second kappa shape index (κ2) is 9.92. The van der Waals surface area contributed by atoms with Gasteiger partial charge in [0.1, 0.15) is 5.82 Å². The zero-order chi connectivity index (χ0) is 21.8. The zero-order valence-electron chi connectivity index (χ0n) is 18.1. The first kappa shape index (κ1) is 22.0. The Kier molecular flexibility index (Phi) is 7.03. The maximum atomic E-state index is 13.4. The van der Waals surface area contributed by atoms with Crippen LogP contribution >= 0.6 is 11.6 Å². The van der Waals surface area contributed by atoms with Crippen LogP contribution in [0.25, 0.3) is 0 Å². The molecule has 1 aliphatic rings. The van der Waals surface area contributed by atoms with Crippen LogP contribution < -0.4 is 0 Å². The molecule has 6 heteroatoms. The minimum Gasteiger partial charge on any atom is -0.339 e. The number of aromatic nitrogens is 2. The summed E-state index contributed by atoms with van der Waals surface area (Å²) in [6.07, 6.45) is 6.03. The molecule has 0 aliphatic heterocycles. The van der Waals surface area contributed by atoms with E-state index < -0.39 is 0 Å². The minimum atomic E-state index is -0.181. The molecule has 1 fully saturated rings. The van der Waals surface area contributed by atoms with Crippen LogP contribution in [0, 0.1) is 17.7 Å². The molecule has 2 aromatic carbocycles. The third-order valence-corrected chi connectivity index (χ3v) is 6.57. The summed E-state index contributed by atoms with van der Waals surface area (Å²) >= 11 is 6.06. The van der Waals surface area contributed by atoms with E-state index in [9.17, 15) is 4.39 Å². The molecular formula is C25H29ClFN3O. The van der Waals surface area contributed by atoms with Gasteiger partial charge in [0, 0.05) is 23.9 Å². The smallest absolute Gasteiger partial charge is 0.226 e. The molecule has 1 aromatic heterocycles. The van der Waals surface area contributed by atoms with Crippen LogP contribution in [0.2, 0.25) is 5.02 Å². The Morgan fingerprint density at radius 3 is 2.52 bits per heavy atom. The highest BCUT2D eigenvalue weighted by Crippen LogP contribution is 2.40. The third kappa shape index (κ3) is 5.72. The quantitative estimate of drug-likeness (QED) is 0.444. The van der Waals surface area contributed by atoms with Gasteiger partial charge in [-0.05, 0) is 87.0 Å². The number of hydrogen-bond donors (Lipinski definition) is 0. The van der Waals surface area contributed by atoms with E-state index in [1.54, 1.807) is 12.1 Å². The monoisotopic (exact) mass is 441 g/mol. The van der Waals surface area contributed by atoms with Crippen molar-refractivity contribution in [1.82, 2.24) is 15.0 Å². The van der Waals surface area contributed by atoms with Gasteiger partial charge in [-0.2, -0.15) is 4.98 Å². The molecule has 164 valence electrons. The molecule has 31 heavy (non-hydrogen) atoms. The summed E-state index contributed by atoms with van der Waals surface area (Å²) in [5, 5.41) is 4.87. The Morgan fingerprint density at radius 1 is 1.10 bits per heavy atom. The lowest BCUT2D eigenvalue weighted by atomic mass is 9.75. The van der Waals surface area contributed by atoms with Gasteiger partial charge < -0.3 is 9.42 Å². The van der Waals surface area contributed by atoms with Gasteiger partial charge in [-0.25, -0.2) is 4.39 Å². The van der Waals surface area contributed by atoms with Gasteiger partial charge in [0.05, 0.1) is 0 Å². The number of hydrogen-bond acceptors (Lipinski definition) is 4. The van der Waals surface area contributed by atoms with Crippen molar-refractivity contribution >= 4 is 11.6 Å². The molecule has 0 N–H and O–H groups in total. The predicted octanol–water partition coefficient (Wildman–Crippen LogP) is 6.10. The van der Waals surface area contributed by atoms with Crippen LogP contribution in [-0.4, -0.2) is 29.1 Å². The molecule has 1 aliphatic carbocycles. The number of nitrogens with zero attached hydrogens (tertiary/aromatic N) is 3. The summed E-state index contributed by atoms with van der Waals surface area (Å²) < 4.78 is 18.9. The summed E-state index contributed by atoms with van der Waals surface area (Å²) in [5.41, 5.74) is 2.27. The van der Waals surface area contributed by atoms with Gasteiger partial charge in [0.2, 0.25) is 5.89 Å².